The van der Waals surface area contributed by atoms with E-state index >= 15 is 0 Å². The number of unbranched alkanes of at least 4 members (excludes halogenated alkanes) is 14. The van der Waals surface area contributed by atoms with Gasteiger partial charge in [0.05, 0.1) is 13.2 Å². The third kappa shape index (κ3) is 14.2. The number of aliphatic hydroxyl groups is 6. The minimum Gasteiger partial charge on any atom is -0.454 e. The van der Waals surface area contributed by atoms with Crippen LogP contribution in [0, 0.1) is 0 Å². The lowest BCUT2D eigenvalue weighted by Crippen LogP contribution is -2.65. The van der Waals surface area contributed by atoms with Crippen molar-refractivity contribution in [1.82, 2.24) is 0 Å². The number of aliphatic hydroxyl groups excluding tert-OH is 6. The van der Waals surface area contributed by atoms with Gasteiger partial charge < -0.3 is 49.6 Å². The summed E-state index contributed by atoms with van der Waals surface area (Å²) in [7, 11) is -5.22. The summed E-state index contributed by atoms with van der Waals surface area (Å²) in [5.74, 6) is -0.746. The molecule has 2 rings (SSSR count). The van der Waals surface area contributed by atoms with Gasteiger partial charge in [0.15, 0.2) is 18.5 Å². The SMILES string of the molecule is CCCCCCCCCCCCCCCCCC(=O)O[C@H]1[C@@H](O[C@H]2O[C@H](CO)[C@@H](O)[C@H](O)[C@H]2OS(=O)(=O)O)O[C@H](CO)[C@@H](O)[C@@H]1O. The maximum Gasteiger partial charge on any atom is 0.397 e. The Bertz CT molecular complexity index is 937. The number of carbonyl (C=O) groups excluding carboxylic acids is 1. The lowest BCUT2D eigenvalue weighted by molar-refractivity contribution is -0.374. The highest BCUT2D eigenvalue weighted by Gasteiger charge is 2.53. The van der Waals surface area contributed by atoms with Gasteiger partial charge in [-0.1, -0.05) is 96.8 Å². The van der Waals surface area contributed by atoms with Crippen LogP contribution in [-0.2, 0) is 38.3 Å². The summed E-state index contributed by atoms with van der Waals surface area (Å²) in [5.41, 5.74) is 0. The van der Waals surface area contributed by atoms with E-state index in [-0.39, 0.29) is 6.42 Å². The molecular weight excluding hydrogens is 632 g/mol. The van der Waals surface area contributed by atoms with Crippen LogP contribution in [0.25, 0.3) is 0 Å². The first-order valence-corrected chi connectivity index (χ1v) is 18.1. The lowest BCUT2D eigenvalue weighted by Gasteiger charge is -2.45. The molecule has 0 bridgehead atoms. The molecule has 0 radical (unpaired) electrons. The Hall–Kier alpha value is -1.02. The number of esters is 1. The highest BCUT2D eigenvalue weighted by molar-refractivity contribution is 7.80. The quantitative estimate of drug-likeness (QED) is 0.0454. The van der Waals surface area contributed by atoms with Gasteiger partial charge in [-0.25, -0.2) is 4.18 Å². The third-order valence-electron chi connectivity index (χ3n) is 8.40. The molecule has 272 valence electrons. The molecular formula is C30H56O15S. The van der Waals surface area contributed by atoms with E-state index in [0.717, 1.165) is 25.7 Å². The lowest BCUT2D eigenvalue weighted by atomic mass is 9.98. The van der Waals surface area contributed by atoms with Crippen LogP contribution in [0.15, 0.2) is 0 Å². The summed E-state index contributed by atoms with van der Waals surface area (Å²) >= 11 is 0. The second-order valence-corrected chi connectivity index (χ2v) is 13.2. The molecule has 0 unspecified atom stereocenters. The van der Waals surface area contributed by atoms with E-state index in [1.807, 2.05) is 0 Å². The van der Waals surface area contributed by atoms with Crippen molar-refractivity contribution in [2.75, 3.05) is 13.2 Å². The summed E-state index contributed by atoms with van der Waals surface area (Å²) < 4.78 is 58.1. The molecule has 10 atom stereocenters. The van der Waals surface area contributed by atoms with Gasteiger partial charge in [0.1, 0.15) is 36.6 Å². The van der Waals surface area contributed by atoms with Crippen LogP contribution < -0.4 is 0 Å². The fourth-order valence-electron chi connectivity index (χ4n) is 5.68. The molecule has 2 saturated heterocycles. The number of rotatable bonds is 23. The van der Waals surface area contributed by atoms with Crippen LogP contribution in [0.2, 0.25) is 0 Å². The maximum atomic E-state index is 12.7. The predicted molar refractivity (Wildman–Crippen MR) is 162 cm³/mol. The van der Waals surface area contributed by atoms with Gasteiger partial charge in [-0.2, -0.15) is 8.42 Å². The first kappa shape index (κ1) is 41.2. The van der Waals surface area contributed by atoms with Crippen LogP contribution in [0.3, 0.4) is 0 Å². The fraction of sp³-hybridized carbons (Fsp3) is 0.967. The van der Waals surface area contributed by atoms with E-state index in [0.29, 0.717) is 6.42 Å². The van der Waals surface area contributed by atoms with Gasteiger partial charge in [-0.3, -0.25) is 9.35 Å². The van der Waals surface area contributed by atoms with E-state index in [9.17, 15) is 43.9 Å². The standard InChI is InChI=1S/C30H56O15S/c1-2-3-4-5-6-7-8-9-10-11-12-13-14-15-16-17-22(33)43-27-25(36)23(34)20(18-31)41-29(27)44-30-28(45-46(38,39)40)26(37)24(35)21(19-32)42-30/h20-21,23-32,34-37H,2-19H2,1H3,(H,38,39,40)/t20-,21-,23-,24-,25+,26+,27-,28-,29-,30-/m1/s1. The zero-order valence-corrected chi connectivity index (χ0v) is 27.6. The molecule has 16 heteroatoms. The Labute approximate surface area is 272 Å². The van der Waals surface area contributed by atoms with E-state index < -0.39 is 91.0 Å². The van der Waals surface area contributed by atoms with Crippen molar-refractivity contribution < 1.29 is 71.5 Å². The minimum atomic E-state index is -5.22. The summed E-state index contributed by atoms with van der Waals surface area (Å²) in [6.07, 6.45) is -0.671. The molecule has 0 aromatic rings. The Balaban J connectivity index is 1.83. The highest BCUT2D eigenvalue weighted by Crippen LogP contribution is 2.31. The molecule has 0 aliphatic carbocycles. The van der Waals surface area contributed by atoms with Crippen LogP contribution in [-0.4, -0.2) is 124 Å². The molecule has 2 aliphatic heterocycles. The average Bonchev–Trinajstić information content (AvgIpc) is 3.01. The molecule has 2 fully saturated rings. The molecule has 0 amide bonds. The van der Waals surface area contributed by atoms with E-state index in [2.05, 4.69) is 11.1 Å². The van der Waals surface area contributed by atoms with Crippen LogP contribution in [0.5, 0.6) is 0 Å². The van der Waals surface area contributed by atoms with Gasteiger partial charge in [-0.05, 0) is 6.42 Å². The first-order valence-electron chi connectivity index (χ1n) is 16.7. The Morgan fingerprint density at radius 2 is 1.02 bits per heavy atom. The number of hydrogen-bond donors (Lipinski definition) is 7. The van der Waals surface area contributed by atoms with E-state index in [1.54, 1.807) is 0 Å². The second kappa shape index (κ2) is 21.8. The fourth-order valence-corrected chi connectivity index (χ4v) is 6.17. The van der Waals surface area contributed by atoms with Crippen LogP contribution >= 0.6 is 0 Å². The predicted octanol–water partition coefficient (Wildman–Crippen LogP) is 1.24. The zero-order valence-electron chi connectivity index (χ0n) is 26.8. The molecule has 2 aliphatic rings. The largest absolute Gasteiger partial charge is 0.454 e. The molecule has 0 aromatic heterocycles. The Morgan fingerprint density at radius 1 is 0.630 bits per heavy atom. The molecule has 0 aromatic carbocycles. The summed E-state index contributed by atoms with van der Waals surface area (Å²) in [4.78, 5) is 12.7. The normalized spacial score (nSPS) is 32.0. The third-order valence-corrected chi connectivity index (χ3v) is 8.87. The van der Waals surface area contributed by atoms with Crippen molar-refractivity contribution >= 4 is 16.4 Å². The van der Waals surface area contributed by atoms with Gasteiger partial charge >= 0.3 is 16.4 Å². The summed E-state index contributed by atoms with van der Waals surface area (Å²) in [6.45, 7) is 0.580. The number of hydrogen-bond acceptors (Lipinski definition) is 14. The first-order chi connectivity index (χ1) is 21.9. The molecule has 0 saturated carbocycles. The van der Waals surface area contributed by atoms with Gasteiger partial charge in [0.2, 0.25) is 6.29 Å². The van der Waals surface area contributed by atoms with Crippen LogP contribution in [0.1, 0.15) is 110 Å². The van der Waals surface area contributed by atoms with E-state index in [4.69, 9.17) is 23.5 Å². The number of carbonyl (C=O) groups is 1. The second-order valence-electron chi connectivity index (χ2n) is 12.2. The van der Waals surface area contributed by atoms with Gasteiger partial charge in [0.25, 0.3) is 0 Å². The van der Waals surface area contributed by atoms with Crippen LogP contribution in [0.4, 0.5) is 0 Å². The molecule has 15 nitrogen and oxygen atoms in total. The average molecular weight is 689 g/mol. The van der Waals surface area contributed by atoms with Crippen molar-refractivity contribution in [3.63, 3.8) is 0 Å². The summed E-state index contributed by atoms with van der Waals surface area (Å²) in [5, 5.41) is 60.7. The Morgan fingerprint density at radius 3 is 1.43 bits per heavy atom. The number of ether oxygens (including phenoxy) is 4. The molecule has 46 heavy (non-hydrogen) atoms. The molecule has 7 N–H and O–H groups in total. The van der Waals surface area contributed by atoms with Crippen molar-refractivity contribution in [3.05, 3.63) is 0 Å². The molecule has 0 spiro atoms. The van der Waals surface area contributed by atoms with Crippen molar-refractivity contribution in [2.24, 2.45) is 0 Å². The zero-order chi connectivity index (χ0) is 34.1. The maximum absolute atomic E-state index is 12.7. The Kier molecular flexibility index (Phi) is 19.5. The topological polar surface area (TPSA) is 239 Å². The van der Waals surface area contributed by atoms with Gasteiger partial charge in [0, 0.05) is 6.42 Å². The highest BCUT2D eigenvalue weighted by atomic mass is 32.3. The minimum absolute atomic E-state index is 0.0143. The monoisotopic (exact) mass is 688 g/mol. The van der Waals surface area contributed by atoms with Crippen molar-refractivity contribution in [3.8, 4) is 0 Å². The van der Waals surface area contributed by atoms with Gasteiger partial charge in [-0.15, -0.1) is 0 Å². The summed E-state index contributed by atoms with van der Waals surface area (Å²) in [6, 6.07) is 0. The van der Waals surface area contributed by atoms with Crippen molar-refractivity contribution in [1.29, 1.82) is 0 Å². The van der Waals surface area contributed by atoms with E-state index in [1.165, 1.54) is 64.2 Å². The van der Waals surface area contributed by atoms with Crippen molar-refractivity contribution in [2.45, 2.75) is 171 Å². The smallest absolute Gasteiger partial charge is 0.397 e. The molecule has 2 heterocycles.